The third-order valence-corrected chi connectivity index (χ3v) is 7.38. The van der Waals surface area contributed by atoms with Gasteiger partial charge in [-0.3, -0.25) is 0 Å². The Bertz CT molecular complexity index is 918. The van der Waals surface area contributed by atoms with Crippen LogP contribution in [0.5, 0.6) is 5.75 Å². The molecule has 1 saturated heterocycles. The SMILES string of the molecule is COC(=O)c1c(NC(=S)N2CCN(c3ccc(O)cc3)CC2)sc2c1CCCCC2. The summed E-state index contributed by atoms with van der Waals surface area (Å²) in [5, 5.41) is 14.3. The molecule has 1 aromatic carbocycles. The number of hydrogen-bond acceptors (Lipinski definition) is 6. The molecule has 4 rings (SSSR count). The number of nitrogens with zero attached hydrogens (tertiary/aromatic N) is 2. The number of carbonyl (C=O) groups is 1. The number of hydrogen-bond donors (Lipinski definition) is 2. The van der Waals surface area contributed by atoms with E-state index in [9.17, 15) is 9.90 Å². The molecule has 0 saturated carbocycles. The van der Waals surface area contributed by atoms with Gasteiger partial charge in [0.2, 0.25) is 0 Å². The fraction of sp³-hybridized carbons (Fsp3) is 0.455. The molecule has 0 bridgehead atoms. The number of nitrogens with one attached hydrogen (secondary N) is 1. The Kier molecular flexibility index (Phi) is 6.43. The Balaban J connectivity index is 1.44. The summed E-state index contributed by atoms with van der Waals surface area (Å²) in [7, 11) is 1.44. The van der Waals surface area contributed by atoms with Gasteiger partial charge in [0.05, 0.1) is 12.7 Å². The van der Waals surface area contributed by atoms with Crippen LogP contribution in [0.15, 0.2) is 24.3 Å². The van der Waals surface area contributed by atoms with Gasteiger partial charge < -0.3 is 25.0 Å². The lowest BCUT2D eigenvalue weighted by Crippen LogP contribution is -2.50. The fourth-order valence-corrected chi connectivity index (χ4v) is 5.78. The number of aromatic hydroxyl groups is 1. The second kappa shape index (κ2) is 9.22. The van der Waals surface area contributed by atoms with E-state index in [-0.39, 0.29) is 11.7 Å². The minimum Gasteiger partial charge on any atom is -0.508 e. The Morgan fingerprint density at radius 1 is 1.10 bits per heavy atom. The summed E-state index contributed by atoms with van der Waals surface area (Å²) in [6, 6.07) is 7.29. The first kappa shape index (κ1) is 20.9. The molecule has 2 aromatic rings. The summed E-state index contributed by atoms with van der Waals surface area (Å²) in [6.45, 7) is 3.28. The number of benzene rings is 1. The van der Waals surface area contributed by atoms with Gasteiger partial charge in [-0.15, -0.1) is 11.3 Å². The summed E-state index contributed by atoms with van der Waals surface area (Å²) in [5.41, 5.74) is 2.91. The predicted octanol–water partition coefficient (Wildman–Crippen LogP) is 4.03. The van der Waals surface area contributed by atoms with Crippen LogP contribution in [0.2, 0.25) is 0 Å². The zero-order valence-corrected chi connectivity index (χ0v) is 18.8. The molecule has 160 valence electrons. The molecule has 0 radical (unpaired) electrons. The predicted molar refractivity (Wildman–Crippen MR) is 125 cm³/mol. The van der Waals surface area contributed by atoms with E-state index in [2.05, 4.69) is 15.1 Å². The largest absolute Gasteiger partial charge is 0.508 e. The molecule has 0 spiro atoms. The van der Waals surface area contributed by atoms with Crippen LogP contribution in [0.3, 0.4) is 0 Å². The lowest BCUT2D eigenvalue weighted by molar-refractivity contribution is 0.0601. The van der Waals surface area contributed by atoms with Crippen LogP contribution >= 0.6 is 23.6 Å². The van der Waals surface area contributed by atoms with Crippen molar-refractivity contribution in [3.05, 3.63) is 40.3 Å². The van der Waals surface area contributed by atoms with E-state index < -0.39 is 0 Å². The lowest BCUT2D eigenvalue weighted by Gasteiger charge is -2.37. The van der Waals surface area contributed by atoms with E-state index >= 15 is 0 Å². The number of carbonyl (C=O) groups excluding carboxylic acids is 1. The van der Waals surface area contributed by atoms with Gasteiger partial charge in [-0.1, -0.05) is 6.42 Å². The molecule has 1 fully saturated rings. The molecular weight excluding hydrogens is 418 g/mol. The highest BCUT2D eigenvalue weighted by Crippen LogP contribution is 2.38. The van der Waals surface area contributed by atoms with Crippen molar-refractivity contribution in [1.82, 2.24) is 4.90 Å². The van der Waals surface area contributed by atoms with Crippen LogP contribution in [0, 0.1) is 0 Å². The van der Waals surface area contributed by atoms with E-state index in [1.165, 1.54) is 18.4 Å². The number of rotatable bonds is 3. The smallest absolute Gasteiger partial charge is 0.341 e. The maximum Gasteiger partial charge on any atom is 0.341 e. The highest BCUT2D eigenvalue weighted by Gasteiger charge is 2.27. The summed E-state index contributed by atoms with van der Waals surface area (Å²) >= 11 is 7.35. The third kappa shape index (κ3) is 4.39. The van der Waals surface area contributed by atoms with E-state index in [1.54, 1.807) is 23.5 Å². The molecule has 8 heteroatoms. The number of piperazine rings is 1. The first-order valence-electron chi connectivity index (χ1n) is 10.4. The number of anilines is 2. The molecule has 2 heterocycles. The molecule has 1 aliphatic carbocycles. The minimum atomic E-state index is -0.281. The van der Waals surface area contributed by atoms with E-state index in [0.717, 1.165) is 68.1 Å². The molecule has 0 atom stereocenters. The van der Waals surface area contributed by atoms with Crippen molar-refractivity contribution in [2.75, 3.05) is 43.5 Å². The van der Waals surface area contributed by atoms with E-state index in [4.69, 9.17) is 17.0 Å². The van der Waals surface area contributed by atoms with Gasteiger partial charge in [-0.25, -0.2) is 4.79 Å². The minimum absolute atomic E-state index is 0.276. The molecule has 2 aliphatic rings. The van der Waals surface area contributed by atoms with Gasteiger partial charge in [0.15, 0.2) is 5.11 Å². The Morgan fingerprint density at radius 2 is 1.80 bits per heavy atom. The lowest BCUT2D eigenvalue weighted by atomic mass is 10.1. The zero-order valence-electron chi connectivity index (χ0n) is 17.1. The van der Waals surface area contributed by atoms with E-state index in [0.29, 0.717) is 10.7 Å². The van der Waals surface area contributed by atoms with Crippen LogP contribution in [0.25, 0.3) is 0 Å². The van der Waals surface area contributed by atoms with Crippen molar-refractivity contribution < 1.29 is 14.6 Å². The van der Waals surface area contributed by atoms with E-state index in [1.807, 2.05) is 12.1 Å². The Labute approximate surface area is 186 Å². The van der Waals surface area contributed by atoms with Gasteiger partial charge in [0.1, 0.15) is 10.8 Å². The number of thiophene rings is 1. The first-order valence-corrected chi connectivity index (χ1v) is 11.6. The molecule has 6 nitrogen and oxygen atoms in total. The van der Waals surface area contributed by atoms with Crippen molar-refractivity contribution in [1.29, 1.82) is 0 Å². The average Bonchev–Trinajstić information content (AvgIpc) is 2.94. The molecule has 0 unspecified atom stereocenters. The molecule has 30 heavy (non-hydrogen) atoms. The van der Waals surface area contributed by atoms with Crippen molar-refractivity contribution in [3.63, 3.8) is 0 Å². The molecule has 1 aromatic heterocycles. The van der Waals surface area contributed by atoms with Crippen molar-refractivity contribution in [3.8, 4) is 5.75 Å². The fourth-order valence-electron chi connectivity index (χ4n) is 4.16. The molecular formula is C22H27N3O3S2. The van der Waals surface area contributed by atoms with Crippen LogP contribution in [0.1, 0.15) is 40.1 Å². The van der Waals surface area contributed by atoms with Crippen molar-refractivity contribution in [2.24, 2.45) is 0 Å². The number of aryl methyl sites for hydroxylation is 1. The highest BCUT2D eigenvalue weighted by molar-refractivity contribution is 7.80. The number of phenols is 1. The normalized spacial score (nSPS) is 16.6. The molecule has 2 N–H and O–H groups in total. The summed E-state index contributed by atoms with van der Waals surface area (Å²) < 4.78 is 5.09. The maximum atomic E-state index is 12.5. The van der Waals surface area contributed by atoms with Crippen LogP contribution in [-0.4, -0.2) is 54.4 Å². The van der Waals surface area contributed by atoms with Gasteiger partial charge in [-0.05, 0) is 67.7 Å². The second-order valence-electron chi connectivity index (χ2n) is 7.68. The maximum absolute atomic E-state index is 12.5. The van der Waals surface area contributed by atoms with Gasteiger partial charge in [0, 0.05) is 36.7 Å². The van der Waals surface area contributed by atoms with Crippen LogP contribution in [-0.2, 0) is 17.6 Å². The summed E-state index contributed by atoms with van der Waals surface area (Å²) in [4.78, 5) is 18.2. The summed E-state index contributed by atoms with van der Waals surface area (Å²) in [5.74, 6) is -0.00429. The second-order valence-corrected chi connectivity index (χ2v) is 9.17. The zero-order chi connectivity index (χ0) is 21.1. The quantitative estimate of drug-likeness (QED) is 0.420. The third-order valence-electron chi connectivity index (χ3n) is 5.81. The van der Waals surface area contributed by atoms with Crippen molar-refractivity contribution in [2.45, 2.75) is 32.1 Å². The molecule has 1 aliphatic heterocycles. The molecule has 0 amide bonds. The Morgan fingerprint density at radius 3 is 2.50 bits per heavy atom. The monoisotopic (exact) mass is 445 g/mol. The van der Waals surface area contributed by atoms with Gasteiger partial charge in [-0.2, -0.15) is 0 Å². The number of esters is 1. The topological polar surface area (TPSA) is 65.0 Å². The number of phenolic OH excluding ortho intramolecular Hbond substituents is 1. The van der Waals surface area contributed by atoms with Crippen molar-refractivity contribution >= 4 is 45.3 Å². The number of ether oxygens (including phenoxy) is 1. The van der Waals surface area contributed by atoms with Crippen LogP contribution in [0.4, 0.5) is 10.7 Å². The number of fused-ring (bicyclic) bond motifs is 1. The average molecular weight is 446 g/mol. The summed E-state index contributed by atoms with van der Waals surface area (Å²) in [6.07, 6.45) is 5.42. The van der Waals surface area contributed by atoms with Crippen LogP contribution < -0.4 is 10.2 Å². The Hall–Kier alpha value is -2.32. The standard InChI is InChI=1S/C22H27N3O3S2/c1-28-21(27)19-17-5-3-2-4-6-18(17)30-20(19)23-22(29)25-13-11-24(12-14-25)15-7-9-16(26)10-8-15/h7-10,26H,2-6,11-14H2,1H3,(H,23,29). The van der Waals surface area contributed by atoms with Gasteiger partial charge in [0.25, 0.3) is 0 Å². The van der Waals surface area contributed by atoms with Gasteiger partial charge >= 0.3 is 5.97 Å². The highest BCUT2D eigenvalue weighted by atomic mass is 32.1. The number of thiocarbonyl (C=S) groups is 1. The first-order chi connectivity index (χ1) is 14.6. The number of methoxy groups -OCH3 is 1.